The molecule has 0 aliphatic rings. The summed E-state index contributed by atoms with van der Waals surface area (Å²) in [6, 6.07) is 6.35. The molecular weight excluding hydrogens is 222 g/mol. The van der Waals surface area contributed by atoms with Gasteiger partial charge in [0.25, 0.3) is 0 Å². The Morgan fingerprint density at radius 1 is 1.38 bits per heavy atom. The van der Waals surface area contributed by atoms with Crippen molar-refractivity contribution in [1.29, 1.82) is 0 Å². The van der Waals surface area contributed by atoms with Crippen molar-refractivity contribution >= 4 is 11.6 Å². The zero-order valence-electron chi connectivity index (χ0n) is 10.1. The Hall–Kier alpha value is -0.570. The predicted octanol–water partition coefficient (Wildman–Crippen LogP) is 2.75. The van der Waals surface area contributed by atoms with Crippen LogP contribution in [0.2, 0.25) is 5.02 Å². The largest absolute Gasteiger partial charge is 0.396 e. The molecule has 0 saturated heterocycles. The highest BCUT2D eigenvalue weighted by Crippen LogP contribution is 2.17. The molecule has 2 nitrogen and oxygen atoms in total. The smallest absolute Gasteiger partial charge is 0.0471 e. The van der Waals surface area contributed by atoms with Gasteiger partial charge in [-0.25, -0.2) is 0 Å². The van der Waals surface area contributed by atoms with Gasteiger partial charge in [0.15, 0.2) is 0 Å². The van der Waals surface area contributed by atoms with Crippen molar-refractivity contribution in [1.82, 2.24) is 5.32 Å². The molecule has 0 aromatic heterocycles. The maximum atomic E-state index is 9.03. The monoisotopic (exact) mass is 241 g/mol. The van der Waals surface area contributed by atoms with Gasteiger partial charge in [-0.2, -0.15) is 0 Å². The van der Waals surface area contributed by atoms with Gasteiger partial charge in [0, 0.05) is 24.2 Å². The van der Waals surface area contributed by atoms with E-state index in [9.17, 15) is 0 Å². The Bertz CT molecular complexity index is 341. The number of aliphatic hydroxyl groups is 1. The van der Waals surface area contributed by atoms with Gasteiger partial charge < -0.3 is 10.4 Å². The zero-order chi connectivity index (χ0) is 12.1. The molecule has 0 saturated carbocycles. The fourth-order valence-electron chi connectivity index (χ4n) is 1.43. The lowest BCUT2D eigenvalue weighted by molar-refractivity contribution is 0.207. The summed E-state index contributed by atoms with van der Waals surface area (Å²) >= 11 is 6.14. The van der Waals surface area contributed by atoms with Crippen LogP contribution in [0.25, 0.3) is 0 Å². The summed E-state index contributed by atoms with van der Waals surface area (Å²) in [7, 11) is 0. The van der Waals surface area contributed by atoms with Gasteiger partial charge in [-0.1, -0.05) is 30.7 Å². The van der Waals surface area contributed by atoms with E-state index in [1.54, 1.807) is 0 Å². The van der Waals surface area contributed by atoms with Gasteiger partial charge >= 0.3 is 0 Å². The van der Waals surface area contributed by atoms with Gasteiger partial charge in [-0.15, -0.1) is 0 Å². The Morgan fingerprint density at radius 3 is 2.62 bits per heavy atom. The van der Waals surface area contributed by atoms with Gasteiger partial charge in [0.2, 0.25) is 0 Å². The van der Waals surface area contributed by atoms with Crippen LogP contribution >= 0.6 is 11.6 Å². The lowest BCUT2D eigenvalue weighted by atomic mass is 10.0. The van der Waals surface area contributed by atoms with Crippen molar-refractivity contribution in [2.45, 2.75) is 33.4 Å². The maximum Gasteiger partial charge on any atom is 0.0471 e. The molecule has 0 fully saturated rings. The minimum Gasteiger partial charge on any atom is -0.396 e. The van der Waals surface area contributed by atoms with Crippen LogP contribution in [0.4, 0.5) is 0 Å². The van der Waals surface area contributed by atoms with Crippen LogP contribution in [0.3, 0.4) is 0 Å². The van der Waals surface area contributed by atoms with Crippen molar-refractivity contribution < 1.29 is 5.11 Å². The van der Waals surface area contributed by atoms with E-state index in [-0.39, 0.29) is 18.6 Å². The van der Waals surface area contributed by atoms with Crippen molar-refractivity contribution in [3.05, 3.63) is 34.3 Å². The minimum atomic E-state index is 0.204. The van der Waals surface area contributed by atoms with E-state index in [0.29, 0.717) is 0 Å². The molecule has 2 N–H and O–H groups in total. The second-order valence-corrected chi connectivity index (χ2v) is 4.83. The topological polar surface area (TPSA) is 32.3 Å². The summed E-state index contributed by atoms with van der Waals surface area (Å²) in [6.45, 7) is 7.07. The SMILES string of the molecule is Cc1ccc(CNC(C)C(C)CO)c(Cl)c1. The number of hydrogen-bond donors (Lipinski definition) is 2. The van der Waals surface area contributed by atoms with Crippen LogP contribution in [0.15, 0.2) is 18.2 Å². The quantitative estimate of drug-likeness (QED) is 0.831. The van der Waals surface area contributed by atoms with E-state index in [4.69, 9.17) is 16.7 Å². The van der Waals surface area contributed by atoms with E-state index in [0.717, 1.165) is 17.1 Å². The first kappa shape index (κ1) is 13.5. The van der Waals surface area contributed by atoms with Crippen LogP contribution in [0.1, 0.15) is 25.0 Å². The number of nitrogens with one attached hydrogen (secondary N) is 1. The Balaban J connectivity index is 2.54. The van der Waals surface area contributed by atoms with Crippen molar-refractivity contribution in [3.63, 3.8) is 0 Å². The highest BCUT2D eigenvalue weighted by molar-refractivity contribution is 6.31. The number of aliphatic hydroxyl groups excluding tert-OH is 1. The first-order valence-electron chi connectivity index (χ1n) is 5.64. The van der Waals surface area contributed by atoms with Gasteiger partial charge in [0.1, 0.15) is 0 Å². The Morgan fingerprint density at radius 2 is 2.06 bits per heavy atom. The van der Waals surface area contributed by atoms with Gasteiger partial charge in [-0.3, -0.25) is 0 Å². The third-order valence-electron chi connectivity index (χ3n) is 2.96. The first-order chi connectivity index (χ1) is 7.54. The number of halogens is 1. The standard InChI is InChI=1S/C13H20ClNO/c1-9-4-5-12(13(14)6-9)7-15-11(3)10(2)8-16/h4-6,10-11,15-16H,7-8H2,1-3H3. The van der Waals surface area contributed by atoms with Crippen LogP contribution < -0.4 is 5.32 Å². The average molecular weight is 242 g/mol. The van der Waals surface area contributed by atoms with Crippen LogP contribution in [-0.2, 0) is 6.54 Å². The third-order valence-corrected chi connectivity index (χ3v) is 3.32. The Kier molecular flexibility index (Phi) is 5.26. The second-order valence-electron chi connectivity index (χ2n) is 4.42. The average Bonchev–Trinajstić information content (AvgIpc) is 2.26. The van der Waals surface area contributed by atoms with Crippen LogP contribution in [0.5, 0.6) is 0 Å². The highest BCUT2D eigenvalue weighted by atomic mass is 35.5. The molecule has 1 aromatic rings. The molecule has 0 spiro atoms. The van der Waals surface area contributed by atoms with Crippen LogP contribution in [-0.4, -0.2) is 17.8 Å². The zero-order valence-corrected chi connectivity index (χ0v) is 10.9. The molecule has 2 unspecified atom stereocenters. The molecule has 16 heavy (non-hydrogen) atoms. The number of rotatable bonds is 5. The predicted molar refractivity (Wildman–Crippen MR) is 68.7 cm³/mol. The van der Waals surface area contributed by atoms with E-state index in [2.05, 4.69) is 18.3 Å². The van der Waals surface area contributed by atoms with Crippen molar-refractivity contribution in [2.75, 3.05) is 6.61 Å². The molecule has 90 valence electrons. The number of aryl methyl sites for hydroxylation is 1. The number of benzene rings is 1. The molecule has 3 heteroatoms. The highest BCUT2D eigenvalue weighted by Gasteiger charge is 2.10. The van der Waals surface area contributed by atoms with E-state index in [1.807, 2.05) is 26.0 Å². The molecule has 2 atom stereocenters. The molecule has 0 aliphatic carbocycles. The molecule has 1 aromatic carbocycles. The number of hydrogen-bond acceptors (Lipinski definition) is 2. The molecule has 1 rings (SSSR count). The molecule has 0 heterocycles. The maximum absolute atomic E-state index is 9.03. The summed E-state index contributed by atoms with van der Waals surface area (Å²) in [5, 5.41) is 13.2. The first-order valence-corrected chi connectivity index (χ1v) is 6.01. The van der Waals surface area contributed by atoms with Gasteiger partial charge in [0.05, 0.1) is 0 Å². The van der Waals surface area contributed by atoms with E-state index < -0.39 is 0 Å². The lowest BCUT2D eigenvalue weighted by Crippen LogP contribution is -2.33. The molecule has 0 amide bonds. The minimum absolute atomic E-state index is 0.204. The second kappa shape index (κ2) is 6.24. The van der Waals surface area contributed by atoms with Crippen LogP contribution in [0, 0.1) is 12.8 Å². The third kappa shape index (κ3) is 3.78. The Labute approximate surface area is 103 Å². The van der Waals surface area contributed by atoms with Crippen molar-refractivity contribution in [2.24, 2.45) is 5.92 Å². The summed E-state index contributed by atoms with van der Waals surface area (Å²) in [4.78, 5) is 0. The fraction of sp³-hybridized carbons (Fsp3) is 0.538. The molecule has 0 aliphatic heterocycles. The lowest BCUT2D eigenvalue weighted by Gasteiger charge is -2.19. The molecular formula is C13H20ClNO. The van der Waals surface area contributed by atoms with Crippen molar-refractivity contribution in [3.8, 4) is 0 Å². The summed E-state index contributed by atoms with van der Waals surface area (Å²) in [6.07, 6.45) is 0. The van der Waals surface area contributed by atoms with E-state index in [1.165, 1.54) is 5.56 Å². The van der Waals surface area contributed by atoms with E-state index >= 15 is 0 Å². The normalized spacial score (nSPS) is 14.8. The fourth-order valence-corrected chi connectivity index (χ4v) is 1.73. The van der Waals surface area contributed by atoms with Gasteiger partial charge in [-0.05, 0) is 37.0 Å². The summed E-state index contributed by atoms with van der Waals surface area (Å²) in [5.41, 5.74) is 2.27. The molecule has 0 bridgehead atoms. The molecule has 0 radical (unpaired) electrons. The summed E-state index contributed by atoms with van der Waals surface area (Å²) < 4.78 is 0. The summed E-state index contributed by atoms with van der Waals surface area (Å²) in [5.74, 6) is 0.254.